The molecule has 0 amide bonds. The van der Waals surface area contributed by atoms with Gasteiger partial charge >= 0.3 is 5.97 Å². The number of aromatic nitrogens is 5. The standard InChI is InChI=1S/C37H36FN5O4/c1-20-24-8-7-15-46-33(24)27(38)17-25(20)32-26-18-29(22-11-12-39-28(16-22)23-9-10-30-40-13-14-43(30)19-23)42(6)35(26)41-21(2)31(32)34(36(44)45)47-37(3,4)5/h9-14,16-19,34H,7-8,15H2,1-6H3,(H,44,45). The Bertz CT molecular complexity index is 2210. The van der Waals surface area contributed by atoms with Crippen LogP contribution in [0.25, 0.3) is 50.3 Å². The van der Waals surface area contributed by atoms with E-state index in [1.54, 1.807) is 19.3 Å². The molecule has 1 atom stereocenters. The third-order valence-electron chi connectivity index (χ3n) is 8.81. The first-order valence-corrected chi connectivity index (χ1v) is 15.7. The number of hydrogen-bond acceptors (Lipinski definition) is 6. The normalized spacial score (nSPS) is 13.9. The van der Waals surface area contributed by atoms with Crippen molar-refractivity contribution in [1.29, 1.82) is 0 Å². The topological polar surface area (TPSA) is 104 Å². The molecule has 1 unspecified atom stereocenters. The number of aryl methyl sites for hydroxylation is 2. The molecule has 10 heteroatoms. The van der Waals surface area contributed by atoms with Gasteiger partial charge in [-0.25, -0.2) is 19.2 Å². The molecule has 0 saturated carbocycles. The average molecular weight is 634 g/mol. The van der Waals surface area contributed by atoms with Crippen molar-refractivity contribution in [3.05, 3.63) is 89.4 Å². The predicted molar refractivity (Wildman–Crippen MR) is 178 cm³/mol. The molecule has 0 saturated heterocycles. The molecule has 5 aromatic heterocycles. The van der Waals surface area contributed by atoms with Crippen LogP contribution in [0.2, 0.25) is 0 Å². The third-order valence-corrected chi connectivity index (χ3v) is 8.81. The van der Waals surface area contributed by atoms with Gasteiger partial charge in [0.2, 0.25) is 0 Å². The molecule has 1 aromatic carbocycles. The van der Waals surface area contributed by atoms with Gasteiger partial charge in [-0.2, -0.15) is 0 Å². The van der Waals surface area contributed by atoms with E-state index in [0.29, 0.717) is 46.4 Å². The van der Waals surface area contributed by atoms with Gasteiger partial charge in [0.05, 0.1) is 23.6 Å². The lowest BCUT2D eigenvalue weighted by molar-refractivity contribution is -0.160. The number of imidazole rings is 1. The van der Waals surface area contributed by atoms with E-state index >= 15 is 4.39 Å². The van der Waals surface area contributed by atoms with Crippen LogP contribution in [-0.2, 0) is 23.0 Å². The van der Waals surface area contributed by atoms with Crippen LogP contribution in [0, 0.1) is 19.7 Å². The van der Waals surface area contributed by atoms with Gasteiger partial charge in [0.1, 0.15) is 11.3 Å². The van der Waals surface area contributed by atoms with Crippen molar-refractivity contribution in [2.75, 3.05) is 6.61 Å². The highest BCUT2D eigenvalue weighted by atomic mass is 19.1. The highest BCUT2D eigenvalue weighted by molar-refractivity contribution is 6.01. The van der Waals surface area contributed by atoms with E-state index in [1.165, 1.54) is 6.07 Å². The average Bonchev–Trinajstić information content (AvgIpc) is 3.64. The number of benzene rings is 1. The minimum absolute atomic E-state index is 0.272. The Morgan fingerprint density at radius 3 is 2.66 bits per heavy atom. The number of carboxylic acid groups (broad SMARTS) is 1. The SMILES string of the molecule is Cc1nc2c(cc(-c3ccnc(-c4ccc5nccn5c4)c3)n2C)c(-c2cc(F)c3c(c2C)CCCO3)c1C(OC(C)(C)C)C(=O)O. The second-order valence-corrected chi connectivity index (χ2v) is 13.1. The zero-order valence-corrected chi connectivity index (χ0v) is 27.3. The van der Waals surface area contributed by atoms with Crippen LogP contribution >= 0.6 is 0 Å². The van der Waals surface area contributed by atoms with E-state index in [-0.39, 0.29) is 5.75 Å². The highest BCUT2D eigenvalue weighted by Crippen LogP contribution is 2.45. The third kappa shape index (κ3) is 5.32. The number of ether oxygens (including phenoxy) is 2. The van der Waals surface area contributed by atoms with Crippen molar-refractivity contribution in [2.45, 2.75) is 59.2 Å². The van der Waals surface area contributed by atoms with Crippen molar-refractivity contribution >= 4 is 22.6 Å². The zero-order chi connectivity index (χ0) is 33.2. The second-order valence-electron chi connectivity index (χ2n) is 13.1. The smallest absolute Gasteiger partial charge is 0.337 e. The first-order chi connectivity index (χ1) is 22.4. The highest BCUT2D eigenvalue weighted by Gasteiger charge is 2.34. The molecule has 0 spiro atoms. The number of pyridine rings is 3. The fourth-order valence-electron chi connectivity index (χ4n) is 6.67. The summed E-state index contributed by atoms with van der Waals surface area (Å²) < 4.78 is 31.7. The fraction of sp³-hybridized carbons (Fsp3) is 0.297. The maximum Gasteiger partial charge on any atom is 0.337 e. The van der Waals surface area contributed by atoms with Gasteiger partial charge in [0, 0.05) is 70.7 Å². The Hall–Kier alpha value is -5.09. The quantitative estimate of drug-likeness (QED) is 0.201. The lowest BCUT2D eigenvalue weighted by atomic mass is 9.86. The summed E-state index contributed by atoms with van der Waals surface area (Å²) in [6.45, 7) is 9.64. The molecule has 6 heterocycles. The largest absolute Gasteiger partial charge is 0.490 e. The van der Waals surface area contributed by atoms with E-state index in [4.69, 9.17) is 14.5 Å². The number of aliphatic carboxylic acids is 1. The first kappa shape index (κ1) is 30.6. The predicted octanol–water partition coefficient (Wildman–Crippen LogP) is 7.64. The summed E-state index contributed by atoms with van der Waals surface area (Å²) in [6, 6.07) is 11.4. The molecule has 240 valence electrons. The van der Waals surface area contributed by atoms with Crippen LogP contribution in [0.5, 0.6) is 5.75 Å². The number of nitrogens with zero attached hydrogens (tertiary/aromatic N) is 5. The van der Waals surface area contributed by atoms with Gasteiger partial charge in [-0.05, 0) is 95.0 Å². The van der Waals surface area contributed by atoms with E-state index < -0.39 is 23.5 Å². The number of rotatable bonds is 6. The number of hydrogen-bond donors (Lipinski definition) is 1. The molecule has 0 radical (unpaired) electrons. The van der Waals surface area contributed by atoms with Crippen LogP contribution in [0.15, 0.2) is 61.2 Å². The Kier molecular flexibility index (Phi) is 7.35. The molecule has 1 N–H and O–H groups in total. The molecule has 1 aliphatic rings. The zero-order valence-electron chi connectivity index (χ0n) is 27.3. The lowest BCUT2D eigenvalue weighted by Crippen LogP contribution is -2.28. The van der Waals surface area contributed by atoms with Crippen molar-refractivity contribution in [2.24, 2.45) is 7.05 Å². The first-order valence-electron chi connectivity index (χ1n) is 15.7. The van der Waals surface area contributed by atoms with Crippen molar-refractivity contribution in [1.82, 2.24) is 23.9 Å². The molecule has 0 bridgehead atoms. The minimum atomic E-state index is -1.34. The molecule has 7 rings (SSSR count). The summed E-state index contributed by atoms with van der Waals surface area (Å²) in [5.41, 5.74) is 7.91. The maximum absolute atomic E-state index is 15.8. The Morgan fingerprint density at radius 2 is 1.89 bits per heavy atom. The van der Waals surface area contributed by atoms with Crippen LogP contribution in [0.4, 0.5) is 4.39 Å². The van der Waals surface area contributed by atoms with Crippen LogP contribution in [0.3, 0.4) is 0 Å². The van der Waals surface area contributed by atoms with Gasteiger partial charge in [0.15, 0.2) is 17.7 Å². The van der Waals surface area contributed by atoms with Crippen LogP contribution < -0.4 is 4.74 Å². The Labute approximate surface area is 271 Å². The number of carbonyl (C=O) groups is 1. The fourth-order valence-corrected chi connectivity index (χ4v) is 6.67. The van der Waals surface area contributed by atoms with Gasteiger partial charge < -0.3 is 23.5 Å². The Morgan fingerprint density at radius 1 is 1.09 bits per heavy atom. The molecule has 6 aromatic rings. The van der Waals surface area contributed by atoms with Crippen molar-refractivity contribution < 1.29 is 23.8 Å². The van der Waals surface area contributed by atoms with E-state index in [2.05, 4.69) is 9.97 Å². The summed E-state index contributed by atoms with van der Waals surface area (Å²) in [5, 5.41) is 11.2. The summed E-state index contributed by atoms with van der Waals surface area (Å²) in [4.78, 5) is 26.8. The van der Waals surface area contributed by atoms with Crippen LogP contribution in [0.1, 0.15) is 55.7 Å². The molecular weight excluding hydrogens is 597 g/mol. The number of halogens is 1. The van der Waals surface area contributed by atoms with E-state index in [9.17, 15) is 9.90 Å². The summed E-state index contributed by atoms with van der Waals surface area (Å²) in [5.74, 6) is -1.34. The molecule has 47 heavy (non-hydrogen) atoms. The summed E-state index contributed by atoms with van der Waals surface area (Å²) in [6.07, 6.45) is 7.50. The lowest BCUT2D eigenvalue weighted by Gasteiger charge is -2.29. The molecule has 0 fully saturated rings. The molecule has 9 nitrogen and oxygen atoms in total. The molecule has 0 aliphatic carbocycles. The molecule has 1 aliphatic heterocycles. The summed E-state index contributed by atoms with van der Waals surface area (Å²) in [7, 11) is 1.93. The van der Waals surface area contributed by atoms with E-state index in [0.717, 1.165) is 45.7 Å². The van der Waals surface area contributed by atoms with Crippen molar-refractivity contribution in [3.8, 4) is 39.4 Å². The second kappa shape index (κ2) is 11.3. The van der Waals surface area contributed by atoms with Gasteiger partial charge in [0.25, 0.3) is 0 Å². The number of fused-ring (bicyclic) bond motifs is 3. The van der Waals surface area contributed by atoms with Gasteiger partial charge in [-0.1, -0.05) is 0 Å². The van der Waals surface area contributed by atoms with Gasteiger partial charge in [-0.15, -0.1) is 0 Å². The maximum atomic E-state index is 15.8. The van der Waals surface area contributed by atoms with Crippen molar-refractivity contribution in [3.63, 3.8) is 0 Å². The van der Waals surface area contributed by atoms with E-state index in [1.807, 2.05) is 86.4 Å². The molecular formula is C37H36FN5O4. The van der Waals surface area contributed by atoms with Crippen LogP contribution in [-0.4, -0.2) is 47.2 Å². The number of carboxylic acids is 1. The minimum Gasteiger partial charge on any atom is -0.490 e. The van der Waals surface area contributed by atoms with Gasteiger partial charge in [-0.3, -0.25) is 4.98 Å². The monoisotopic (exact) mass is 633 g/mol. The summed E-state index contributed by atoms with van der Waals surface area (Å²) >= 11 is 0. The Balaban J connectivity index is 1.49.